The van der Waals surface area contributed by atoms with Crippen LogP contribution in [-0.2, 0) is 16.1 Å². The van der Waals surface area contributed by atoms with Gasteiger partial charge >= 0.3 is 0 Å². The Labute approximate surface area is 174 Å². The van der Waals surface area contributed by atoms with Crippen molar-refractivity contribution in [1.82, 2.24) is 20.0 Å². The molecule has 6 heteroatoms. The van der Waals surface area contributed by atoms with Crippen LogP contribution in [-0.4, -0.2) is 45.6 Å². The highest BCUT2D eigenvalue weighted by Crippen LogP contribution is 2.49. The SMILES string of the molecule is Cc1cc(C)n(CCC(=O)N2CC(CCC(=O)NC3CC3)C3(CCCCC3)C2)n1. The number of aromatic nitrogens is 2. The topological polar surface area (TPSA) is 67.2 Å². The smallest absolute Gasteiger partial charge is 0.224 e. The van der Waals surface area contributed by atoms with Crippen molar-refractivity contribution in [3.8, 4) is 0 Å². The minimum absolute atomic E-state index is 0.202. The molecule has 2 aliphatic carbocycles. The Morgan fingerprint density at radius 1 is 1.17 bits per heavy atom. The zero-order valence-corrected chi connectivity index (χ0v) is 18.1. The van der Waals surface area contributed by atoms with Crippen LogP contribution < -0.4 is 5.32 Å². The van der Waals surface area contributed by atoms with E-state index >= 15 is 0 Å². The highest BCUT2D eigenvalue weighted by Gasteiger charge is 2.47. The number of aryl methyl sites for hydroxylation is 3. The molecule has 1 aromatic heterocycles. The van der Waals surface area contributed by atoms with Gasteiger partial charge in [0.05, 0.1) is 5.69 Å². The number of hydrogen-bond acceptors (Lipinski definition) is 3. The van der Waals surface area contributed by atoms with E-state index in [-0.39, 0.29) is 17.2 Å². The van der Waals surface area contributed by atoms with E-state index in [2.05, 4.69) is 21.4 Å². The summed E-state index contributed by atoms with van der Waals surface area (Å²) < 4.78 is 1.94. The van der Waals surface area contributed by atoms with E-state index in [4.69, 9.17) is 0 Å². The van der Waals surface area contributed by atoms with Gasteiger partial charge in [0.2, 0.25) is 11.8 Å². The van der Waals surface area contributed by atoms with Crippen molar-refractivity contribution < 1.29 is 9.59 Å². The summed E-state index contributed by atoms with van der Waals surface area (Å²) in [4.78, 5) is 27.3. The van der Waals surface area contributed by atoms with Crippen LogP contribution in [0.2, 0.25) is 0 Å². The molecule has 1 N–H and O–H groups in total. The Morgan fingerprint density at radius 3 is 2.59 bits per heavy atom. The first-order valence-corrected chi connectivity index (χ1v) is 11.5. The summed E-state index contributed by atoms with van der Waals surface area (Å²) in [6.07, 6.45) is 10.6. The van der Waals surface area contributed by atoms with Crippen molar-refractivity contribution in [3.63, 3.8) is 0 Å². The van der Waals surface area contributed by atoms with Gasteiger partial charge < -0.3 is 10.2 Å². The molecular weight excluding hydrogens is 364 g/mol. The summed E-state index contributed by atoms with van der Waals surface area (Å²) >= 11 is 0. The molecule has 1 aromatic rings. The third-order valence-electron chi connectivity index (χ3n) is 7.32. The molecule has 1 spiro atoms. The Morgan fingerprint density at radius 2 is 1.93 bits per heavy atom. The maximum absolute atomic E-state index is 13.0. The Bertz CT molecular complexity index is 746. The Kier molecular flexibility index (Phi) is 5.98. The second-order valence-corrected chi connectivity index (χ2v) is 9.67. The number of carbonyl (C=O) groups is 2. The lowest BCUT2D eigenvalue weighted by Crippen LogP contribution is -2.35. The molecule has 29 heavy (non-hydrogen) atoms. The fraction of sp³-hybridized carbons (Fsp3) is 0.783. The van der Waals surface area contributed by atoms with E-state index < -0.39 is 0 Å². The Hall–Kier alpha value is -1.85. The van der Waals surface area contributed by atoms with Gasteiger partial charge in [0.1, 0.15) is 0 Å². The van der Waals surface area contributed by atoms with E-state index in [1.165, 1.54) is 32.1 Å². The molecule has 160 valence electrons. The second kappa shape index (κ2) is 8.49. The van der Waals surface area contributed by atoms with Crippen LogP contribution in [0.1, 0.15) is 75.6 Å². The molecule has 3 fully saturated rings. The van der Waals surface area contributed by atoms with Gasteiger partial charge in [-0.25, -0.2) is 0 Å². The van der Waals surface area contributed by atoms with Gasteiger partial charge in [-0.15, -0.1) is 0 Å². The maximum Gasteiger partial charge on any atom is 0.224 e. The lowest BCUT2D eigenvalue weighted by Gasteiger charge is -2.38. The molecular formula is C23H36N4O2. The number of carbonyl (C=O) groups excluding carboxylic acids is 2. The molecule has 1 atom stereocenters. The number of rotatable bonds is 7. The average molecular weight is 401 g/mol. The lowest BCUT2D eigenvalue weighted by atomic mass is 9.66. The number of hydrogen-bond donors (Lipinski definition) is 1. The van der Waals surface area contributed by atoms with Crippen molar-refractivity contribution in [2.45, 2.75) is 90.6 Å². The lowest BCUT2D eigenvalue weighted by molar-refractivity contribution is -0.131. The molecule has 2 amide bonds. The summed E-state index contributed by atoms with van der Waals surface area (Å²) in [5.41, 5.74) is 2.35. The molecule has 0 radical (unpaired) electrons. The minimum atomic E-state index is 0.202. The van der Waals surface area contributed by atoms with E-state index in [0.29, 0.717) is 31.3 Å². The standard InChI is InChI=1S/C23H36N4O2/c1-17-14-18(2)27(25-17)13-10-22(29)26-15-19(6-9-21(28)24-20-7-8-20)23(16-26)11-4-3-5-12-23/h14,19-20H,3-13,15-16H2,1-2H3,(H,24,28). The fourth-order valence-corrected chi connectivity index (χ4v) is 5.54. The third-order valence-corrected chi connectivity index (χ3v) is 7.32. The maximum atomic E-state index is 13.0. The number of amides is 2. The number of likely N-dealkylation sites (tertiary alicyclic amines) is 1. The zero-order chi connectivity index (χ0) is 20.4. The van der Waals surface area contributed by atoms with Gasteiger partial charge in [-0.2, -0.15) is 5.10 Å². The second-order valence-electron chi connectivity index (χ2n) is 9.67. The first kappa shape index (κ1) is 20.4. The van der Waals surface area contributed by atoms with Gasteiger partial charge in [0, 0.05) is 44.2 Å². The zero-order valence-electron chi connectivity index (χ0n) is 18.1. The monoisotopic (exact) mass is 400 g/mol. The summed E-state index contributed by atoms with van der Waals surface area (Å²) in [5, 5.41) is 7.61. The number of nitrogens with zero attached hydrogens (tertiary/aromatic N) is 3. The predicted octanol–water partition coefficient (Wildman–Crippen LogP) is 3.36. The molecule has 1 aliphatic heterocycles. The normalized spacial score (nSPS) is 23.5. The van der Waals surface area contributed by atoms with Gasteiger partial charge in [-0.05, 0) is 63.4 Å². The molecule has 6 nitrogen and oxygen atoms in total. The van der Waals surface area contributed by atoms with E-state index in [0.717, 1.165) is 43.7 Å². The van der Waals surface area contributed by atoms with Crippen molar-refractivity contribution in [2.75, 3.05) is 13.1 Å². The van der Waals surface area contributed by atoms with E-state index in [1.807, 2.05) is 18.5 Å². The summed E-state index contributed by atoms with van der Waals surface area (Å²) in [6.45, 7) is 6.39. The molecule has 2 saturated carbocycles. The van der Waals surface area contributed by atoms with Crippen LogP contribution in [0, 0.1) is 25.2 Å². The van der Waals surface area contributed by atoms with Crippen LogP contribution in [0.25, 0.3) is 0 Å². The van der Waals surface area contributed by atoms with Crippen LogP contribution in [0.3, 0.4) is 0 Å². The van der Waals surface area contributed by atoms with Crippen LogP contribution >= 0.6 is 0 Å². The largest absolute Gasteiger partial charge is 0.353 e. The molecule has 2 heterocycles. The van der Waals surface area contributed by atoms with Crippen LogP contribution in [0.4, 0.5) is 0 Å². The van der Waals surface area contributed by atoms with Crippen molar-refractivity contribution in [3.05, 3.63) is 17.5 Å². The number of nitrogens with one attached hydrogen (secondary N) is 1. The van der Waals surface area contributed by atoms with Gasteiger partial charge in [0.25, 0.3) is 0 Å². The Balaban J connectivity index is 1.35. The quantitative estimate of drug-likeness (QED) is 0.763. The van der Waals surface area contributed by atoms with Crippen molar-refractivity contribution >= 4 is 11.8 Å². The highest BCUT2D eigenvalue weighted by atomic mass is 16.2. The molecule has 1 saturated heterocycles. The fourth-order valence-electron chi connectivity index (χ4n) is 5.54. The molecule has 1 unspecified atom stereocenters. The van der Waals surface area contributed by atoms with Gasteiger partial charge in [-0.3, -0.25) is 14.3 Å². The molecule has 0 aromatic carbocycles. The van der Waals surface area contributed by atoms with Crippen LogP contribution in [0.15, 0.2) is 6.07 Å². The van der Waals surface area contributed by atoms with E-state index in [1.54, 1.807) is 0 Å². The molecule has 0 bridgehead atoms. The first-order chi connectivity index (χ1) is 13.9. The van der Waals surface area contributed by atoms with Crippen LogP contribution in [0.5, 0.6) is 0 Å². The van der Waals surface area contributed by atoms with Gasteiger partial charge in [-0.1, -0.05) is 19.3 Å². The highest BCUT2D eigenvalue weighted by molar-refractivity contribution is 5.77. The predicted molar refractivity (Wildman–Crippen MR) is 112 cm³/mol. The summed E-state index contributed by atoms with van der Waals surface area (Å²) in [7, 11) is 0. The summed E-state index contributed by atoms with van der Waals surface area (Å²) in [5.74, 6) is 0.908. The van der Waals surface area contributed by atoms with Gasteiger partial charge in [0.15, 0.2) is 0 Å². The minimum Gasteiger partial charge on any atom is -0.353 e. The first-order valence-electron chi connectivity index (χ1n) is 11.5. The van der Waals surface area contributed by atoms with Crippen molar-refractivity contribution in [2.24, 2.45) is 11.3 Å². The van der Waals surface area contributed by atoms with E-state index in [9.17, 15) is 9.59 Å². The van der Waals surface area contributed by atoms with Crippen molar-refractivity contribution in [1.29, 1.82) is 0 Å². The average Bonchev–Trinajstić information content (AvgIpc) is 3.35. The molecule has 3 aliphatic rings. The molecule has 4 rings (SSSR count). The third kappa shape index (κ3) is 4.84. The summed E-state index contributed by atoms with van der Waals surface area (Å²) in [6, 6.07) is 2.49.